The van der Waals surface area contributed by atoms with Crippen LogP contribution in [0.5, 0.6) is 0 Å². The highest BCUT2D eigenvalue weighted by Crippen LogP contribution is 2.06. The molecule has 0 bridgehead atoms. The van der Waals surface area contributed by atoms with Gasteiger partial charge in [-0.25, -0.2) is 14.4 Å². The minimum atomic E-state index is -0.567. The quantitative estimate of drug-likeness (QED) is 0.142. The molecular formula is C24H37ClO10. The molecule has 0 fully saturated rings. The molecule has 0 aromatic rings. The first-order chi connectivity index (χ1) is 16.1. The van der Waals surface area contributed by atoms with Gasteiger partial charge < -0.3 is 29.5 Å². The summed E-state index contributed by atoms with van der Waals surface area (Å²) in [7, 11) is 0. The molecule has 0 saturated heterocycles. The molecule has 11 heteroatoms. The molecule has 0 amide bonds. The maximum absolute atomic E-state index is 11.4. The molecule has 0 aliphatic carbocycles. The van der Waals surface area contributed by atoms with Gasteiger partial charge in [0.1, 0.15) is 19.8 Å². The molecule has 35 heavy (non-hydrogen) atoms. The Labute approximate surface area is 211 Å². The van der Waals surface area contributed by atoms with E-state index in [0.717, 1.165) is 0 Å². The van der Waals surface area contributed by atoms with Gasteiger partial charge in [0.25, 0.3) is 0 Å². The number of aliphatic hydroxyl groups is 3. The summed E-state index contributed by atoms with van der Waals surface area (Å²) in [5, 5.41) is 24.2. The first-order valence-corrected chi connectivity index (χ1v) is 10.7. The Morgan fingerprint density at radius 3 is 0.943 bits per heavy atom. The zero-order valence-electron chi connectivity index (χ0n) is 20.8. The number of hydrogen-bond donors (Lipinski definition) is 3. The number of aliphatic hydroxyl groups excluding tert-OH is 3. The molecule has 200 valence electrons. The van der Waals surface area contributed by atoms with Crippen LogP contribution >= 0.6 is 11.6 Å². The van der Waals surface area contributed by atoms with Gasteiger partial charge >= 0.3 is 17.9 Å². The molecule has 0 radical (unpaired) electrons. The molecule has 0 unspecified atom stereocenters. The van der Waals surface area contributed by atoms with Gasteiger partial charge in [0.05, 0.1) is 25.7 Å². The highest BCUT2D eigenvalue weighted by molar-refractivity contribution is 6.67. The Bertz CT molecular complexity index is 665. The van der Waals surface area contributed by atoms with Crippen molar-refractivity contribution in [2.24, 2.45) is 11.8 Å². The maximum atomic E-state index is 11.4. The molecule has 0 rings (SSSR count). The van der Waals surface area contributed by atoms with Crippen molar-refractivity contribution in [1.82, 2.24) is 0 Å². The smallest absolute Gasteiger partial charge is 0.333 e. The predicted octanol–water partition coefficient (Wildman–Crippen LogP) is 1.87. The van der Waals surface area contributed by atoms with Crippen molar-refractivity contribution in [2.45, 2.75) is 27.7 Å². The summed E-state index contributed by atoms with van der Waals surface area (Å²) in [6, 6.07) is 0. The highest BCUT2D eigenvalue weighted by Gasteiger charge is 2.18. The van der Waals surface area contributed by atoms with E-state index in [-0.39, 0.29) is 62.3 Å². The number of esters is 3. The second kappa shape index (κ2) is 21.7. The van der Waals surface area contributed by atoms with Gasteiger partial charge in [-0.2, -0.15) is 0 Å². The normalized spacial score (nSPS) is 9.54. The second-order valence-corrected chi connectivity index (χ2v) is 7.81. The first-order valence-electron chi connectivity index (χ1n) is 10.3. The fraction of sp³-hybridized carbons (Fsp3) is 0.500. The van der Waals surface area contributed by atoms with Crippen molar-refractivity contribution in [3.05, 3.63) is 48.6 Å². The average molecular weight is 521 g/mol. The number of hydrogen-bond acceptors (Lipinski definition) is 10. The van der Waals surface area contributed by atoms with Crippen LogP contribution in [-0.4, -0.2) is 78.1 Å². The monoisotopic (exact) mass is 520 g/mol. The molecule has 0 saturated carbocycles. The van der Waals surface area contributed by atoms with Crippen LogP contribution in [0.4, 0.5) is 0 Å². The third-order valence-electron chi connectivity index (χ3n) is 3.51. The summed E-state index contributed by atoms with van der Waals surface area (Å²) in [5.74, 6) is -2.54. The van der Waals surface area contributed by atoms with Crippen LogP contribution in [0.3, 0.4) is 0 Å². The van der Waals surface area contributed by atoms with Crippen molar-refractivity contribution >= 4 is 34.8 Å². The van der Waals surface area contributed by atoms with E-state index in [2.05, 4.69) is 26.3 Å². The lowest BCUT2D eigenvalue weighted by Crippen LogP contribution is -2.26. The van der Waals surface area contributed by atoms with E-state index in [1.807, 2.05) is 0 Å². The number of halogens is 1. The Morgan fingerprint density at radius 1 is 0.600 bits per heavy atom. The van der Waals surface area contributed by atoms with Gasteiger partial charge in [-0.15, -0.1) is 0 Å². The summed E-state index contributed by atoms with van der Waals surface area (Å²) < 4.78 is 15.0. The maximum Gasteiger partial charge on any atom is 0.333 e. The molecule has 10 nitrogen and oxygen atoms in total. The third kappa shape index (κ3) is 22.8. The lowest BCUT2D eigenvalue weighted by atomic mass is 10.2. The summed E-state index contributed by atoms with van der Waals surface area (Å²) in [4.78, 5) is 43.9. The van der Waals surface area contributed by atoms with E-state index in [4.69, 9.17) is 41.1 Å². The van der Waals surface area contributed by atoms with E-state index in [0.29, 0.717) is 5.57 Å². The topological polar surface area (TPSA) is 157 Å². The largest absolute Gasteiger partial charge is 0.462 e. The van der Waals surface area contributed by atoms with E-state index in [9.17, 15) is 19.2 Å². The summed E-state index contributed by atoms with van der Waals surface area (Å²) in [6.07, 6.45) is 0. The zero-order valence-corrected chi connectivity index (χ0v) is 21.6. The SMILES string of the molecule is C=C(C)C(=O)Cl.C=C(C)C(=O)OCC(COC(=O)C(=C)C)COC(=O)C(=C)C.OCC(CO)CO. The Kier molecular flexibility index (Phi) is 22.8. The predicted molar refractivity (Wildman–Crippen MR) is 131 cm³/mol. The lowest BCUT2D eigenvalue weighted by molar-refractivity contribution is -0.148. The van der Waals surface area contributed by atoms with Gasteiger partial charge in [-0.1, -0.05) is 26.3 Å². The van der Waals surface area contributed by atoms with E-state index in [1.165, 1.54) is 20.8 Å². The summed E-state index contributed by atoms with van der Waals surface area (Å²) >= 11 is 4.87. The Balaban J connectivity index is -0.000000641. The molecule has 3 N–H and O–H groups in total. The van der Waals surface area contributed by atoms with Crippen molar-refractivity contribution < 1.29 is 48.7 Å². The minimum absolute atomic E-state index is 0.0708. The van der Waals surface area contributed by atoms with Crippen LogP contribution in [0, 0.1) is 11.8 Å². The first kappa shape index (κ1) is 36.8. The van der Waals surface area contributed by atoms with Crippen molar-refractivity contribution in [3.8, 4) is 0 Å². The van der Waals surface area contributed by atoms with Crippen molar-refractivity contribution in [2.75, 3.05) is 39.6 Å². The van der Waals surface area contributed by atoms with Crippen LogP contribution in [0.2, 0.25) is 0 Å². The lowest BCUT2D eigenvalue weighted by Gasteiger charge is -2.17. The molecule has 0 atom stereocenters. The average Bonchev–Trinajstić information content (AvgIpc) is 2.79. The van der Waals surface area contributed by atoms with Gasteiger partial charge in [0.15, 0.2) is 0 Å². The van der Waals surface area contributed by atoms with Crippen molar-refractivity contribution in [1.29, 1.82) is 0 Å². The number of carbonyl (C=O) groups excluding carboxylic acids is 4. The van der Waals surface area contributed by atoms with E-state index >= 15 is 0 Å². The molecular weight excluding hydrogens is 484 g/mol. The number of allylic oxidation sites excluding steroid dienone is 1. The Morgan fingerprint density at radius 2 is 0.829 bits per heavy atom. The number of rotatable bonds is 13. The summed E-state index contributed by atoms with van der Waals surface area (Å²) in [5.41, 5.74) is 1.13. The van der Waals surface area contributed by atoms with Gasteiger partial charge in [-0.05, 0) is 39.3 Å². The van der Waals surface area contributed by atoms with Gasteiger partial charge in [0.2, 0.25) is 5.24 Å². The van der Waals surface area contributed by atoms with E-state index in [1.54, 1.807) is 6.92 Å². The third-order valence-corrected chi connectivity index (χ3v) is 3.83. The molecule has 0 aromatic carbocycles. The fourth-order valence-corrected chi connectivity index (χ4v) is 1.27. The van der Waals surface area contributed by atoms with E-state index < -0.39 is 29.1 Å². The molecule has 0 aliphatic heterocycles. The van der Waals surface area contributed by atoms with Crippen molar-refractivity contribution in [3.63, 3.8) is 0 Å². The molecule has 0 aliphatic rings. The number of ether oxygens (including phenoxy) is 3. The second-order valence-electron chi connectivity index (χ2n) is 7.47. The minimum Gasteiger partial charge on any atom is -0.462 e. The van der Waals surface area contributed by atoms with Crippen LogP contribution in [-0.2, 0) is 33.4 Å². The molecule has 0 heterocycles. The highest BCUT2D eigenvalue weighted by atomic mass is 35.5. The van der Waals surface area contributed by atoms with Crippen LogP contribution in [0.15, 0.2) is 48.6 Å². The van der Waals surface area contributed by atoms with Gasteiger partial charge in [-0.3, -0.25) is 4.79 Å². The molecule has 0 spiro atoms. The van der Waals surface area contributed by atoms with Crippen LogP contribution in [0.1, 0.15) is 27.7 Å². The van der Waals surface area contributed by atoms with Crippen LogP contribution in [0.25, 0.3) is 0 Å². The van der Waals surface area contributed by atoms with Gasteiger partial charge in [0, 0.05) is 28.2 Å². The van der Waals surface area contributed by atoms with Crippen LogP contribution < -0.4 is 0 Å². The zero-order chi connectivity index (χ0) is 28.1. The number of carbonyl (C=O) groups is 4. The summed E-state index contributed by atoms with van der Waals surface area (Å²) in [6.45, 7) is 19.1. The standard InChI is InChI=1S/C16H22O6.C4H5ClO.C4H10O3/c1-10(2)14(17)20-7-13(8-21-15(18)11(3)4)9-22-16(19)12(5)6;1-3(2)4(5)6;5-1-4(2-6)3-7/h13H,1,3,5,7-9H2,2,4,6H3;1H2,2H3;4-7H,1-3H2. The Hall–Kier alpha value is -2.79. The fourth-order valence-electron chi connectivity index (χ4n) is 1.27. The molecule has 0 aromatic heterocycles.